The summed E-state index contributed by atoms with van der Waals surface area (Å²) in [6.45, 7) is 0. The summed E-state index contributed by atoms with van der Waals surface area (Å²) in [5.41, 5.74) is 4.90. The van der Waals surface area contributed by atoms with Crippen molar-refractivity contribution in [3.63, 3.8) is 0 Å². The molecule has 0 saturated carbocycles. The molecule has 0 radical (unpaired) electrons. The summed E-state index contributed by atoms with van der Waals surface area (Å²) in [5, 5.41) is 12.0. The van der Waals surface area contributed by atoms with E-state index in [0.29, 0.717) is 12.8 Å². The van der Waals surface area contributed by atoms with E-state index in [4.69, 9.17) is 10.8 Å². The third-order valence-electron chi connectivity index (χ3n) is 3.32. The second-order valence-corrected chi connectivity index (χ2v) is 7.06. The minimum Gasteiger partial charge on any atom is -0.478 e. The molecule has 6 nitrogen and oxygen atoms in total. The number of hydrogen-bond donors (Lipinski definition) is 3. The van der Waals surface area contributed by atoms with E-state index in [1.807, 2.05) is 0 Å². The number of rotatable bonds is 3. The van der Waals surface area contributed by atoms with E-state index in [0.717, 1.165) is 6.07 Å². The van der Waals surface area contributed by atoms with E-state index >= 15 is 0 Å². The Kier molecular flexibility index (Phi) is 3.85. The van der Waals surface area contributed by atoms with Gasteiger partial charge in [-0.1, -0.05) is 0 Å². The summed E-state index contributed by atoms with van der Waals surface area (Å²) >= 11 is 0. The van der Waals surface area contributed by atoms with Crippen molar-refractivity contribution in [2.24, 2.45) is 0 Å². The zero-order valence-corrected chi connectivity index (χ0v) is 11.4. The number of sulfone groups is 1. The van der Waals surface area contributed by atoms with Crippen LogP contribution in [-0.4, -0.2) is 37.0 Å². The molecule has 2 rings (SSSR count). The SMILES string of the molecule is Nc1c(F)ccc(NC2CCS(=O)(=O)CC2)c1C(=O)O. The Balaban J connectivity index is 2.22. The Labute approximate surface area is 115 Å². The predicted octanol–water partition coefficient (Wildman–Crippen LogP) is 1.10. The van der Waals surface area contributed by atoms with Gasteiger partial charge in [-0.25, -0.2) is 17.6 Å². The highest BCUT2D eigenvalue weighted by atomic mass is 32.2. The zero-order valence-electron chi connectivity index (χ0n) is 10.6. The van der Waals surface area contributed by atoms with Crippen LogP contribution in [0.2, 0.25) is 0 Å². The van der Waals surface area contributed by atoms with Crippen LogP contribution in [0.25, 0.3) is 0 Å². The number of anilines is 2. The minimum atomic E-state index is -2.99. The van der Waals surface area contributed by atoms with Crippen molar-refractivity contribution in [2.45, 2.75) is 18.9 Å². The maximum absolute atomic E-state index is 13.3. The van der Waals surface area contributed by atoms with E-state index in [1.165, 1.54) is 6.07 Å². The molecule has 0 bridgehead atoms. The number of hydrogen-bond acceptors (Lipinski definition) is 5. The lowest BCUT2D eigenvalue weighted by Gasteiger charge is -2.25. The van der Waals surface area contributed by atoms with Crippen molar-refractivity contribution in [3.05, 3.63) is 23.5 Å². The molecule has 1 saturated heterocycles. The van der Waals surface area contributed by atoms with Crippen molar-refractivity contribution in [3.8, 4) is 0 Å². The lowest BCUT2D eigenvalue weighted by Crippen LogP contribution is -2.32. The van der Waals surface area contributed by atoms with Gasteiger partial charge in [0, 0.05) is 6.04 Å². The van der Waals surface area contributed by atoms with Crippen LogP contribution in [-0.2, 0) is 9.84 Å². The van der Waals surface area contributed by atoms with Crippen LogP contribution in [0.15, 0.2) is 12.1 Å². The van der Waals surface area contributed by atoms with Crippen molar-refractivity contribution in [1.29, 1.82) is 0 Å². The number of carboxylic acids is 1. The highest BCUT2D eigenvalue weighted by Gasteiger charge is 2.25. The number of carboxylic acid groups (broad SMARTS) is 1. The van der Waals surface area contributed by atoms with Gasteiger partial charge in [0.1, 0.15) is 21.2 Å². The molecule has 1 aliphatic rings. The maximum Gasteiger partial charge on any atom is 0.340 e. The van der Waals surface area contributed by atoms with Gasteiger partial charge in [0.25, 0.3) is 0 Å². The standard InChI is InChI=1S/C12H15FN2O4S/c13-8-1-2-9(10(11(8)14)12(16)17)15-7-3-5-20(18,19)6-4-7/h1-2,7,15H,3-6,14H2,(H,16,17). The molecule has 20 heavy (non-hydrogen) atoms. The van der Waals surface area contributed by atoms with Gasteiger partial charge in [0.15, 0.2) is 0 Å². The van der Waals surface area contributed by atoms with Gasteiger partial charge in [-0.05, 0) is 25.0 Å². The van der Waals surface area contributed by atoms with E-state index in [1.54, 1.807) is 0 Å². The molecular formula is C12H15FN2O4S. The number of benzene rings is 1. The first-order chi connectivity index (χ1) is 9.30. The summed E-state index contributed by atoms with van der Waals surface area (Å²) in [4.78, 5) is 11.2. The third kappa shape index (κ3) is 3.01. The van der Waals surface area contributed by atoms with Crippen molar-refractivity contribution in [1.82, 2.24) is 0 Å². The number of carbonyl (C=O) groups is 1. The molecule has 110 valence electrons. The quantitative estimate of drug-likeness (QED) is 0.721. The fourth-order valence-electron chi connectivity index (χ4n) is 2.20. The van der Waals surface area contributed by atoms with Crippen molar-refractivity contribution >= 4 is 27.2 Å². The van der Waals surface area contributed by atoms with E-state index in [-0.39, 0.29) is 28.8 Å². The largest absolute Gasteiger partial charge is 0.478 e. The van der Waals surface area contributed by atoms with Gasteiger partial charge in [-0.3, -0.25) is 0 Å². The first-order valence-corrected chi connectivity index (χ1v) is 7.90. The number of nitrogens with one attached hydrogen (secondary N) is 1. The van der Waals surface area contributed by atoms with Crippen LogP contribution in [0, 0.1) is 5.82 Å². The molecule has 1 aromatic carbocycles. The molecule has 0 atom stereocenters. The van der Waals surface area contributed by atoms with Gasteiger partial charge in [-0.15, -0.1) is 0 Å². The van der Waals surface area contributed by atoms with E-state index in [2.05, 4.69) is 5.32 Å². The fourth-order valence-corrected chi connectivity index (χ4v) is 3.69. The summed E-state index contributed by atoms with van der Waals surface area (Å²) in [6.07, 6.45) is 0.775. The van der Waals surface area contributed by atoms with Crippen LogP contribution < -0.4 is 11.1 Å². The molecule has 1 aliphatic heterocycles. The first kappa shape index (κ1) is 14.6. The molecular weight excluding hydrogens is 287 g/mol. The molecule has 1 heterocycles. The zero-order chi connectivity index (χ0) is 14.9. The fraction of sp³-hybridized carbons (Fsp3) is 0.417. The van der Waals surface area contributed by atoms with Crippen LogP contribution >= 0.6 is 0 Å². The van der Waals surface area contributed by atoms with Crippen LogP contribution in [0.3, 0.4) is 0 Å². The highest BCUT2D eigenvalue weighted by Crippen LogP contribution is 2.27. The van der Waals surface area contributed by atoms with Crippen LogP contribution in [0.1, 0.15) is 23.2 Å². The Bertz CT molecular complexity index is 631. The molecule has 4 N–H and O–H groups in total. The molecule has 1 fully saturated rings. The summed E-state index contributed by atoms with van der Waals surface area (Å²) in [6, 6.07) is 2.23. The summed E-state index contributed by atoms with van der Waals surface area (Å²) < 4.78 is 36.0. The lowest BCUT2D eigenvalue weighted by molar-refractivity contribution is 0.0698. The summed E-state index contributed by atoms with van der Waals surface area (Å²) in [7, 11) is -2.99. The first-order valence-electron chi connectivity index (χ1n) is 6.08. The molecule has 0 unspecified atom stereocenters. The lowest BCUT2D eigenvalue weighted by atomic mass is 10.1. The number of nitrogens with two attached hydrogens (primary N) is 1. The summed E-state index contributed by atoms with van der Waals surface area (Å²) in [5.74, 6) is -2.00. The molecule has 1 aromatic rings. The minimum absolute atomic E-state index is 0.0593. The van der Waals surface area contributed by atoms with Gasteiger partial charge in [0.2, 0.25) is 0 Å². The Morgan fingerprint density at radius 1 is 1.35 bits per heavy atom. The number of nitrogen functional groups attached to an aromatic ring is 1. The van der Waals surface area contributed by atoms with Crippen molar-refractivity contribution < 1.29 is 22.7 Å². The third-order valence-corrected chi connectivity index (χ3v) is 5.04. The second-order valence-electron chi connectivity index (χ2n) is 4.76. The molecule has 0 amide bonds. The van der Waals surface area contributed by atoms with Gasteiger partial charge < -0.3 is 16.2 Å². The average molecular weight is 302 g/mol. The number of halogens is 1. The van der Waals surface area contributed by atoms with Gasteiger partial charge in [-0.2, -0.15) is 0 Å². The van der Waals surface area contributed by atoms with E-state index in [9.17, 15) is 17.6 Å². The van der Waals surface area contributed by atoms with Crippen molar-refractivity contribution in [2.75, 3.05) is 22.6 Å². The van der Waals surface area contributed by atoms with Gasteiger partial charge >= 0.3 is 5.97 Å². The highest BCUT2D eigenvalue weighted by molar-refractivity contribution is 7.91. The smallest absolute Gasteiger partial charge is 0.340 e. The predicted molar refractivity (Wildman–Crippen MR) is 73.1 cm³/mol. The Morgan fingerprint density at radius 3 is 2.50 bits per heavy atom. The molecule has 0 aromatic heterocycles. The monoisotopic (exact) mass is 302 g/mol. The average Bonchev–Trinajstić information content (AvgIpc) is 2.36. The van der Waals surface area contributed by atoms with E-state index < -0.39 is 27.3 Å². The second kappa shape index (κ2) is 5.28. The molecule has 0 spiro atoms. The normalized spacial score (nSPS) is 18.6. The van der Waals surface area contributed by atoms with Crippen LogP contribution in [0.4, 0.5) is 15.8 Å². The van der Waals surface area contributed by atoms with Crippen LogP contribution in [0.5, 0.6) is 0 Å². The number of aromatic carboxylic acids is 1. The molecule has 0 aliphatic carbocycles. The Hall–Kier alpha value is -1.83. The molecule has 8 heteroatoms. The van der Waals surface area contributed by atoms with Gasteiger partial charge in [0.05, 0.1) is 22.9 Å². The topological polar surface area (TPSA) is 109 Å². The Morgan fingerprint density at radius 2 is 1.95 bits per heavy atom. The maximum atomic E-state index is 13.3.